The molecule has 1 unspecified atom stereocenters. The minimum Gasteiger partial charge on any atom is -0.371 e. The van der Waals surface area contributed by atoms with Crippen LogP contribution in [0.4, 0.5) is 8.78 Å². The van der Waals surface area contributed by atoms with E-state index in [1.807, 2.05) is 0 Å². The van der Waals surface area contributed by atoms with Crippen LogP contribution in [0.15, 0.2) is 18.2 Å². The summed E-state index contributed by atoms with van der Waals surface area (Å²) in [6.07, 6.45) is 2.16. The summed E-state index contributed by atoms with van der Waals surface area (Å²) in [5.41, 5.74) is -1.41. The molecular formula is C11H13F2NO. The molecule has 15 heavy (non-hydrogen) atoms. The Morgan fingerprint density at radius 1 is 1.27 bits per heavy atom. The van der Waals surface area contributed by atoms with E-state index in [1.165, 1.54) is 0 Å². The highest BCUT2D eigenvalue weighted by Crippen LogP contribution is 2.29. The Labute approximate surface area is 86.9 Å². The molecule has 1 aromatic rings. The lowest BCUT2D eigenvalue weighted by Crippen LogP contribution is -2.46. The van der Waals surface area contributed by atoms with Crippen molar-refractivity contribution >= 4 is 0 Å². The quantitative estimate of drug-likeness (QED) is 0.746. The lowest BCUT2D eigenvalue weighted by molar-refractivity contribution is -0.0272. The molecule has 4 heteroatoms. The smallest absolute Gasteiger partial charge is 0.145 e. The first kappa shape index (κ1) is 10.5. The van der Waals surface area contributed by atoms with Gasteiger partial charge in [-0.1, -0.05) is 0 Å². The van der Waals surface area contributed by atoms with Gasteiger partial charge in [-0.15, -0.1) is 0 Å². The Morgan fingerprint density at radius 2 is 2.07 bits per heavy atom. The van der Waals surface area contributed by atoms with Crippen molar-refractivity contribution in [2.75, 3.05) is 6.54 Å². The van der Waals surface area contributed by atoms with Crippen molar-refractivity contribution in [2.45, 2.75) is 25.0 Å². The van der Waals surface area contributed by atoms with E-state index >= 15 is 0 Å². The van der Waals surface area contributed by atoms with Crippen molar-refractivity contribution < 1.29 is 13.9 Å². The highest BCUT2D eigenvalue weighted by molar-refractivity contribution is 5.25. The Morgan fingerprint density at radius 3 is 2.73 bits per heavy atom. The molecule has 0 bridgehead atoms. The summed E-state index contributed by atoms with van der Waals surface area (Å²) in [5, 5.41) is 13.0. The van der Waals surface area contributed by atoms with Gasteiger partial charge in [0.2, 0.25) is 0 Å². The molecule has 2 rings (SSSR count). The minimum absolute atomic E-state index is 0.00204. The average Bonchev–Trinajstić information content (AvgIpc) is 2.23. The van der Waals surface area contributed by atoms with Crippen LogP contribution >= 0.6 is 0 Å². The molecule has 0 spiro atoms. The summed E-state index contributed by atoms with van der Waals surface area (Å²) >= 11 is 0. The Bertz CT molecular complexity index is 362. The molecule has 0 saturated carbocycles. The van der Waals surface area contributed by atoms with Gasteiger partial charge in [0.15, 0.2) is 0 Å². The fourth-order valence-electron chi connectivity index (χ4n) is 1.93. The number of piperidine rings is 1. The van der Waals surface area contributed by atoms with Crippen LogP contribution in [0.1, 0.15) is 24.8 Å². The zero-order valence-electron chi connectivity index (χ0n) is 8.26. The number of rotatable bonds is 1. The standard InChI is InChI=1S/C11H13F2NO/c12-8-3-4-10(13)9(7-8)11(15)5-1-2-6-14-11/h3-4,7,14-15H,1-2,5-6H2. The van der Waals surface area contributed by atoms with Gasteiger partial charge in [0.25, 0.3) is 0 Å². The molecule has 1 aromatic carbocycles. The second kappa shape index (κ2) is 3.87. The second-order valence-corrected chi connectivity index (χ2v) is 3.87. The Hall–Kier alpha value is -1.00. The molecule has 2 nitrogen and oxygen atoms in total. The highest BCUT2D eigenvalue weighted by Gasteiger charge is 2.33. The zero-order valence-corrected chi connectivity index (χ0v) is 8.26. The predicted molar refractivity (Wildman–Crippen MR) is 52.1 cm³/mol. The van der Waals surface area contributed by atoms with Gasteiger partial charge in [0.05, 0.1) is 0 Å². The topological polar surface area (TPSA) is 32.3 Å². The fraction of sp³-hybridized carbons (Fsp3) is 0.455. The Balaban J connectivity index is 2.38. The molecule has 1 saturated heterocycles. The number of hydrogen-bond donors (Lipinski definition) is 2. The molecule has 1 heterocycles. The van der Waals surface area contributed by atoms with E-state index in [9.17, 15) is 13.9 Å². The van der Waals surface area contributed by atoms with Crippen molar-refractivity contribution in [3.8, 4) is 0 Å². The molecule has 0 aliphatic carbocycles. The summed E-state index contributed by atoms with van der Waals surface area (Å²) in [5.74, 6) is -1.11. The van der Waals surface area contributed by atoms with Crippen molar-refractivity contribution in [3.63, 3.8) is 0 Å². The van der Waals surface area contributed by atoms with E-state index in [0.29, 0.717) is 13.0 Å². The largest absolute Gasteiger partial charge is 0.371 e. The van der Waals surface area contributed by atoms with Crippen LogP contribution < -0.4 is 5.32 Å². The van der Waals surface area contributed by atoms with Crippen molar-refractivity contribution in [1.29, 1.82) is 0 Å². The van der Waals surface area contributed by atoms with E-state index in [-0.39, 0.29) is 5.56 Å². The molecule has 0 amide bonds. The lowest BCUT2D eigenvalue weighted by atomic mass is 9.93. The third-order valence-corrected chi connectivity index (χ3v) is 2.76. The molecule has 1 atom stereocenters. The first-order chi connectivity index (χ1) is 7.12. The van der Waals surface area contributed by atoms with Crippen LogP contribution in [0, 0.1) is 11.6 Å². The normalized spacial score (nSPS) is 26.6. The second-order valence-electron chi connectivity index (χ2n) is 3.87. The maximum Gasteiger partial charge on any atom is 0.145 e. The molecule has 2 N–H and O–H groups in total. The predicted octanol–water partition coefficient (Wildman–Crippen LogP) is 1.88. The molecule has 1 aliphatic heterocycles. The van der Waals surface area contributed by atoms with Crippen LogP contribution in [0.25, 0.3) is 0 Å². The first-order valence-corrected chi connectivity index (χ1v) is 5.05. The first-order valence-electron chi connectivity index (χ1n) is 5.05. The summed E-state index contributed by atoms with van der Waals surface area (Å²) in [4.78, 5) is 0. The van der Waals surface area contributed by atoms with Gasteiger partial charge in [-0.25, -0.2) is 8.78 Å². The molecular weight excluding hydrogens is 200 g/mol. The summed E-state index contributed by atoms with van der Waals surface area (Å²) in [6.45, 7) is 0.618. The van der Waals surface area contributed by atoms with E-state index in [1.54, 1.807) is 0 Å². The van der Waals surface area contributed by atoms with Gasteiger partial charge in [-0.2, -0.15) is 0 Å². The number of aliphatic hydroxyl groups is 1. The molecule has 1 fully saturated rings. The van der Waals surface area contributed by atoms with Crippen LogP contribution in [-0.4, -0.2) is 11.7 Å². The third-order valence-electron chi connectivity index (χ3n) is 2.76. The molecule has 0 radical (unpaired) electrons. The van der Waals surface area contributed by atoms with Crippen LogP contribution in [0.5, 0.6) is 0 Å². The van der Waals surface area contributed by atoms with Gasteiger partial charge in [0, 0.05) is 5.56 Å². The molecule has 82 valence electrons. The van der Waals surface area contributed by atoms with E-state index in [2.05, 4.69) is 5.32 Å². The van der Waals surface area contributed by atoms with Gasteiger partial charge in [-0.3, -0.25) is 5.32 Å². The van der Waals surface area contributed by atoms with Gasteiger partial charge >= 0.3 is 0 Å². The maximum atomic E-state index is 13.4. The highest BCUT2D eigenvalue weighted by atomic mass is 19.1. The number of nitrogens with one attached hydrogen (secondary N) is 1. The Kier molecular flexibility index (Phi) is 2.71. The summed E-state index contributed by atoms with van der Waals surface area (Å²) in [6, 6.07) is 3.14. The number of hydrogen-bond acceptors (Lipinski definition) is 2. The van der Waals surface area contributed by atoms with Crippen LogP contribution in [0.3, 0.4) is 0 Å². The molecule has 0 aromatic heterocycles. The SMILES string of the molecule is OC1(c2cc(F)ccc2F)CCCCN1. The number of halogens is 2. The van der Waals surface area contributed by atoms with Gasteiger partial charge < -0.3 is 5.11 Å². The lowest BCUT2D eigenvalue weighted by Gasteiger charge is -2.33. The monoisotopic (exact) mass is 213 g/mol. The summed E-state index contributed by atoms with van der Waals surface area (Å²) in [7, 11) is 0. The maximum absolute atomic E-state index is 13.4. The van der Waals surface area contributed by atoms with Crippen LogP contribution in [-0.2, 0) is 5.72 Å². The van der Waals surface area contributed by atoms with Gasteiger partial charge in [0.1, 0.15) is 17.4 Å². The average molecular weight is 213 g/mol. The van der Waals surface area contributed by atoms with Crippen molar-refractivity contribution in [1.82, 2.24) is 5.32 Å². The number of benzene rings is 1. The van der Waals surface area contributed by atoms with Crippen LogP contribution in [0.2, 0.25) is 0 Å². The molecule has 1 aliphatic rings. The summed E-state index contributed by atoms with van der Waals surface area (Å²) < 4.78 is 26.4. The zero-order chi connectivity index (χ0) is 10.9. The fourth-order valence-corrected chi connectivity index (χ4v) is 1.93. The van der Waals surface area contributed by atoms with Crippen molar-refractivity contribution in [2.24, 2.45) is 0 Å². The minimum atomic E-state index is -1.41. The third kappa shape index (κ3) is 2.01. The van der Waals surface area contributed by atoms with E-state index in [0.717, 1.165) is 31.0 Å². The van der Waals surface area contributed by atoms with Gasteiger partial charge in [-0.05, 0) is 44.0 Å². The van der Waals surface area contributed by atoms with Crippen molar-refractivity contribution in [3.05, 3.63) is 35.4 Å². The van der Waals surface area contributed by atoms with E-state index < -0.39 is 17.4 Å². The van der Waals surface area contributed by atoms with E-state index in [4.69, 9.17) is 0 Å².